The molecule has 0 bridgehead atoms. The molecule has 2 aliphatic carbocycles. The van der Waals surface area contributed by atoms with Gasteiger partial charge in [0.15, 0.2) is 0 Å². The van der Waals surface area contributed by atoms with Crippen molar-refractivity contribution in [2.45, 2.75) is 82.1 Å². The molecule has 0 aromatic heterocycles. The van der Waals surface area contributed by atoms with Crippen LogP contribution in [0.3, 0.4) is 0 Å². The molecule has 0 amide bonds. The lowest BCUT2D eigenvalue weighted by Crippen LogP contribution is -2.18. The zero-order valence-electron chi connectivity index (χ0n) is 27.5. The molecule has 0 heterocycles. The average Bonchev–Trinajstić information content (AvgIpc) is 2.91. The molecule has 2 nitrogen and oxygen atoms in total. The molecule has 2 aliphatic rings. The highest BCUT2D eigenvalue weighted by Gasteiger charge is 2.28. The van der Waals surface area contributed by atoms with Crippen LogP contribution in [0.2, 0.25) is 0 Å². The highest BCUT2D eigenvalue weighted by atomic mass is 16.3. The fraction of sp³-hybridized carbons (Fsp3) is 0.350. The third-order valence-electron chi connectivity index (χ3n) is 7.94. The predicted octanol–water partition coefficient (Wildman–Crippen LogP) is 11.9. The summed E-state index contributed by atoms with van der Waals surface area (Å²) in [7, 11) is 0. The fourth-order valence-corrected chi connectivity index (χ4v) is 4.99. The molecule has 224 valence electrons. The maximum absolute atomic E-state index is 10.1. The second-order valence-corrected chi connectivity index (χ2v) is 12.8. The molecule has 2 N–H and O–H groups in total. The molecule has 0 aromatic rings. The SMILES string of the molecule is CC(C=CC=C(C)C=CC1=C(C)C(O)=CCC1(C)C)=CC=CC=C(C)C=CC=C(C)C=CC1=C(C)C(O)=CCC1(C)C. The van der Waals surface area contributed by atoms with E-state index in [9.17, 15) is 10.2 Å². The normalized spacial score (nSPS) is 21.2. The third-order valence-corrected chi connectivity index (χ3v) is 7.94. The van der Waals surface area contributed by atoms with Crippen LogP contribution in [-0.4, -0.2) is 10.2 Å². The molecule has 0 spiro atoms. The summed E-state index contributed by atoms with van der Waals surface area (Å²) in [5, 5.41) is 20.2. The van der Waals surface area contributed by atoms with Gasteiger partial charge in [-0.25, -0.2) is 0 Å². The van der Waals surface area contributed by atoms with Gasteiger partial charge in [0.05, 0.1) is 0 Å². The first-order chi connectivity index (χ1) is 19.6. The first-order valence-corrected chi connectivity index (χ1v) is 14.9. The number of rotatable bonds is 10. The largest absolute Gasteiger partial charge is 0.508 e. The summed E-state index contributed by atoms with van der Waals surface area (Å²) in [5.74, 6) is 0.794. The van der Waals surface area contributed by atoms with Crippen LogP contribution in [0.5, 0.6) is 0 Å². The van der Waals surface area contributed by atoms with E-state index in [4.69, 9.17) is 0 Å². The smallest absolute Gasteiger partial charge is 0.114 e. The van der Waals surface area contributed by atoms with Crippen LogP contribution in [0.1, 0.15) is 82.1 Å². The number of hydrogen-bond acceptors (Lipinski definition) is 2. The summed E-state index contributed by atoms with van der Waals surface area (Å²) < 4.78 is 0. The van der Waals surface area contributed by atoms with Gasteiger partial charge in [-0.2, -0.15) is 0 Å². The van der Waals surface area contributed by atoms with Gasteiger partial charge >= 0.3 is 0 Å². The minimum atomic E-state index is 0.0257. The van der Waals surface area contributed by atoms with Crippen molar-refractivity contribution >= 4 is 0 Å². The molecule has 0 saturated heterocycles. The van der Waals surface area contributed by atoms with E-state index >= 15 is 0 Å². The molecule has 0 aromatic carbocycles. The van der Waals surface area contributed by atoms with E-state index in [0.29, 0.717) is 11.5 Å². The van der Waals surface area contributed by atoms with E-state index in [1.807, 2.05) is 26.0 Å². The Labute approximate surface area is 256 Å². The minimum Gasteiger partial charge on any atom is -0.508 e. The van der Waals surface area contributed by atoms with Crippen LogP contribution in [-0.2, 0) is 0 Å². The molecular weight excluding hydrogens is 512 g/mol. The predicted molar refractivity (Wildman–Crippen MR) is 184 cm³/mol. The van der Waals surface area contributed by atoms with Crippen molar-refractivity contribution < 1.29 is 10.2 Å². The van der Waals surface area contributed by atoms with Gasteiger partial charge in [0.2, 0.25) is 0 Å². The minimum absolute atomic E-state index is 0.0257. The Balaban J connectivity index is 1.93. The molecule has 0 unspecified atom stereocenters. The Kier molecular flexibility index (Phi) is 12.7. The van der Waals surface area contributed by atoms with Gasteiger partial charge in [0.1, 0.15) is 11.5 Å². The molecular formula is C40H52O2. The van der Waals surface area contributed by atoms with Crippen molar-refractivity contribution in [1.82, 2.24) is 0 Å². The van der Waals surface area contributed by atoms with E-state index in [1.54, 1.807) is 0 Å². The summed E-state index contributed by atoms with van der Waals surface area (Å²) in [6.07, 6.45) is 34.9. The van der Waals surface area contributed by atoms with E-state index in [-0.39, 0.29) is 10.8 Å². The lowest BCUT2D eigenvalue weighted by Gasteiger charge is -2.30. The van der Waals surface area contributed by atoms with E-state index < -0.39 is 0 Å². The maximum Gasteiger partial charge on any atom is 0.114 e. The van der Waals surface area contributed by atoms with Gasteiger partial charge in [-0.15, -0.1) is 0 Å². The van der Waals surface area contributed by atoms with Crippen molar-refractivity contribution in [3.8, 4) is 0 Å². The molecule has 0 atom stereocenters. The molecule has 0 aliphatic heterocycles. The van der Waals surface area contributed by atoms with Gasteiger partial charge in [-0.3, -0.25) is 0 Å². The summed E-state index contributed by atoms with van der Waals surface area (Å²) in [5.41, 5.74) is 9.01. The summed E-state index contributed by atoms with van der Waals surface area (Å²) in [6, 6.07) is 0. The van der Waals surface area contributed by atoms with Crippen molar-refractivity contribution in [2.24, 2.45) is 10.8 Å². The highest BCUT2D eigenvalue weighted by molar-refractivity contribution is 5.45. The number of allylic oxidation sites excluding steroid dienone is 24. The zero-order chi connectivity index (χ0) is 31.5. The molecule has 0 radical (unpaired) electrons. The van der Waals surface area contributed by atoms with Crippen LogP contribution >= 0.6 is 0 Å². The van der Waals surface area contributed by atoms with Crippen molar-refractivity contribution in [3.63, 3.8) is 0 Å². The van der Waals surface area contributed by atoms with Gasteiger partial charge in [0.25, 0.3) is 0 Å². The number of aliphatic hydroxyl groups is 2. The Hall–Kier alpha value is -3.78. The Bertz CT molecular complexity index is 1300. The monoisotopic (exact) mass is 564 g/mol. The summed E-state index contributed by atoms with van der Waals surface area (Å²) in [4.78, 5) is 0. The van der Waals surface area contributed by atoms with Gasteiger partial charge in [0, 0.05) is 0 Å². The maximum atomic E-state index is 10.1. The van der Waals surface area contributed by atoms with Gasteiger partial charge in [-0.05, 0) is 99.7 Å². The fourth-order valence-electron chi connectivity index (χ4n) is 4.99. The summed E-state index contributed by atoms with van der Waals surface area (Å²) in [6.45, 7) is 21.2. The first-order valence-electron chi connectivity index (χ1n) is 14.9. The standard InChI is InChI=1S/C40H52O2/c1-29(17-13-19-31(3)21-23-35-33(5)37(41)25-27-39(35,7)8)15-11-12-16-30(2)18-14-20-32(4)22-24-36-34(6)38(42)26-28-40(36,9)10/h11-26,41-42H,27-28H2,1-10H3. The van der Waals surface area contributed by atoms with E-state index in [2.05, 4.69) is 140 Å². The lowest BCUT2D eigenvalue weighted by molar-refractivity contribution is 0.380. The number of aliphatic hydroxyl groups excluding tert-OH is 2. The Morgan fingerprint density at radius 1 is 0.548 bits per heavy atom. The van der Waals surface area contributed by atoms with Crippen molar-refractivity contribution in [3.05, 3.63) is 153 Å². The first kappa shape index (κ1) is 34.4. The third kappa shape index (κ3) is 10.6. The van der Waals surface area contributed by atoms with Crippen molar-refractivity contribution in [1.29, 1.82) is 0 Å². The summed E-state index contributed by atoms with van der Waals surface area (Å²) >= 11 is 0. The molecule has 0 saturated carbocycles. The number of hydrogen-bond donors (Lipinski definition) is 2. The van der Waals surface area contributed by atoms with Crippen LogP contribution in [0.25, 0.3) is 0 Å². The lowest BCUT2D eigenvalue weighted by atomic mass is 9.75. The Morgan fingerprint density at radius 3 is 1.21 bits per heavy atom. The molecule has 2 heteroatoms. The Morgan fingerprint density at radius 2 is 0.857 bits per heavy atom. The van der Waals surface area contributed by atoms with Crippen LogP contribution in [0.4, 0.5) is 0 Å². The molecule has 42 heavy (non-hydrogen) atoms. The topological polar surface area (TPSA) is 40.5 Å². The quantitative estimate of drug-likeness (QED) is 0.259. The van der Waals surface area contributed by atoms with Crippen LogP contribution in [0, 0.1) is 10.8 Å². The van der Waals surface area contributed by atoms with E-state index in [1.165, 1.54) is 22.3 Å². The molecule has 0 fully saturated rings. The van der Waals surface area contributed by atoms with Crippen LogP contribution in [0.15, 0.2) is 153 Å². The zero-order valence-corrected chi connectivity index (χ0v) is 27.5. The van der Waals surface area contributed by atoms with Crippen molar-refractivity contribution in [2.75, 3.05) is 0 Å². The second-order valence-electron chi connectivity index (χ2n) is 12.8. The van der Waals surface area contributed by atoms with Gasteiger partial charge < -0.3 is 10.2 Å². The van der Waals surface area contributed by atoms with Gasteiger partial charge in [-0.1, -0.05) is 135 Å². The second kappa shape index (κ2) is 15.4. The van der Waals surface area contributed by atoms with E-state index in [0.717, 1.165) is 35.1 Å². The molecule has 2 rings (SSSR count). The highest BCUT2D eigenvalue weighted by Crippen LogP contribution is 2.40. The van der Waals surface area contributed by atoms with Crippen LogP contribution < -0.4 is 0 Å². The average molecular weight is 565 g/mol.